The van der Waals surface area contributed by atoms with Gasteiger partial charge in [-0.05, 0) is 36.8 Å². The van der Waals surface area contributed by atoms with Gasteiger partial charge in [0.05, 0.1) is 6.61 Å². The van der Waals surface area contributed by atoms with Crippen LogP contribution in [0.3, 0.4) is 0 Å². The van der Waals surface area contributed by atoms with E-state index in [1.165, 1.54) is 28.8 Å². The molecule has 0 amide bonds. The second-order valence-corrected chi connectivity index (χ2v) is 4.95. The topological polar surface area (TPSA) is 65.7 Å². The summed E-state index contributed by atoms with van der Waals surface area (Å²) in [5, 5.41) is 4.04. The smallest absolute Gasteiger partial charge is 0.460 e. The number of esters is 1. The Morgan fingerprint density at radius 1 is 1.12 bits per heavy atom. The largest absolute Gasteiger partial charge is 0.573 e. The molecule has 0 spiro atoms. The van der Waals surface area contributed by atoms with Crippen LogP contribution in [0.15, 0.2) is 42.6 Å². The zero-order valence-electron chi connectivity index (χ0n) is 12.9. The number of ether oxygens (including phenoxy) is 2. The molecule has 0 unspecified atom stereocenters. The van der Waals surface area contributed by atoms with E-state index in [9.17, 15) is 18.0 Å². The lowest BCUT2D eigenvalue weighted by molar-refractivity contribution is -0.274. The van der Waals surface area contributed by atoms with Crippen molar-refractivity contribution in [2.24, 2.45) is 0 Å². The Bertz CT molecular complexity index is 904. The molecule has 0 aliphatic carbocycles. The Balaban J connectivity index is 1.87. The second kappa shape index (κ2) is 6.42. The van der Waals surface area contributed by atoms with E-state index in [2.05, 4.69) is 14.8 Å². The Hall–Kier alpha value is -3.10. The number of pyridine rings is 1. The summed E-state index contributed by atoms with van der Waals surface area (Å²) < 4.78 is 46.6. The predicted molar refractivity (Wildman–Crippen MR) is 81.1 cm³/mol. The maximum Gasteiger partial charge on any atom is 0.573 e. The first-order valence-electron chi connectivity index (χ1n) is 7.25. The van der Waals surface area contributed by atoms with E-state index in [0.717, 1.165) is 0 Å². The highest BCUT2D eigenvalue weighted by Crippen LogP contribution is 2.26. The Labute approximate surface area is 139 Å². The summed E-state index contributed by atoms with van der Waals surface area (Å²) in [6.07, 6.45) is -3.12. The number of carbonyl (C=O) groups is 1. The third kappa shape index (κ3) is 3.87. The average molecular weight is 351 g/mol. The van der Waals surface area contributed by atoms with Crippen molar-refractivity contribution in [2.45, 2.75) is 13.3 Å². The fourth-order valence-electron chi connectivity index (χ4n) is 2.19. The second-order valence-electron chi connectivity index (χ2n) is 4.95. The van der Waals surface area contributed by atoms with E-state index < -0.39 is 12.3 Å². The lowest BCUT2D eigenvalue weighted by atomic mass is 10.1. The number of aromatic nitrogens is 3. The number of benzene rings is 1. The van der Waals surface area contributed by atoms with Gasteiger partial charge in [-0.2, -0.15) is 0 Å². The zero-order chi connectivity index (χ0) is 18.0. The van der Waals surface area contributed by atoms with Gasteiger partial charge in [0.1, 0.15) is 5.75 Å². The number of hydrogen-bond acceptors (Lipinski definition) is 5. The van der Waals surface area contributed by atoms with Crippen molar-refractivity contribution in [3.8, 4) is 16.9 Å². The van der Waals surface area contributed by atoms with Crippen LogP contribution in [0.25, 0.3) is 16.8 Å². The molecule has 25 heavy (non-hydrogen) atoms. The van der Waals surface area contributed by atoms with Crippen molar-refractivity contribution in [1.29, 1.82) is 0 Å². The average Bonchev–Trinajstić information content (AvgIpc) is 2.97. The Kier molecular flexibility index (Phi) is 4.30. The Morgan fingerprint density at radius 3 is 2.44 bits per heavy atom. The van der Waals surface area contributed by atoms with Gasteiger partial charge in [-0.3, -0.25) is 0 Å². The quantitative estimate of drug-likeness (QED) is 0.674. The molecule has 1 aromatic carbocycles. The number of carbonyl (C=O) groups excluding carboxylic acids is 1. The fraction of sp³-hybridized carbons (Fsp3) is 0.188. The molecule has 0 aliphatic rings. The molecular formula is C16H12F3N3O3. The van der Waals surface area contributed by atoms with Gasteiger partial charge in [0.2, 0.25) is 0 Å². The van der Waals surface area contributed by atoms with Crippen molar-refractivity contribution in [1.82, 2.24) is 14.6 Å². The van der Waals surface area contributed by atoms with Gasteiger partial charge >= 0.3 is 12.3 Å². The maximum absolute atomic E-state index is 12.2. The summed E-state index contributed by atoms with van der Waals surface area (Å²) in [6, 6.07) is 8.79. The van der Waals surface area contributed by atoms with Crippen molar-refractivity contribution >= 4 is 11.6 Å². The molecule has 0 bridgehead atoms. The van der Waals surface area contributed by atoms with E-state index in [1.807, 2.05) is 0 Å². The van der Waals surface area contributed by atoms with E-state index in [4.69, 9.17) is 4.74 Å². The molecule has 0 saturated heterocycles. The van der Waals surface area contributed by atoms with Gasteiger partial charge in [-0.15, -0.1) is 18.3 Å². The summed E-state index contributed by atoms with van der Waals surface area (Å²) in [5.41, 5.74) is 1.79. The Morgan fingerprint density at radius 2 is 1.80 bits per heavy atom. The van der Waals surface area contributed by atoms with Crippen LogP contribution in [-0.2, 0) is 4.74 Å². The van der Waals surface area contributed by atoms with Crippen molar-refractivity contribution in [2.75, 3.05) is 6.61 Å². The van der Waals surface area contributed by atoms with Crippen molar-refractivity contribution < 1.29 is 27.4 Å². The molecular weight excluding hydrogens is 339 g/mol. The third-order valence-electron chi connectivity index (χ3n) is 3.21. The highest BCUT2D eigenvalue weighted by Gasteiger charge is 2.30. The van der Waals surface area contributed by atoms with E-state index >= 15 is 0 Å². The minimum Gasteiger partial charge on any atom is -0.460 e. The molecule has 0 aliphatic heterocycles. The van der Waals surface area contributed by atoms with Crippen molar-refractivity contribution in [3.63, 3.8) is 0 Å². The van der Waals surface area contributed by atoms with E-state index in [1.54, 1.807) is 25.3 Å². The molecule has 0 radical (unpaired) electrons. The minimum absolute atomic E-state index is 0.0621. The predicted octanol–water partition coefficient (Wildman–Crippen LogP) is 3.47. The van der Waals surface area contributed by atoms with Gasteiger partial charge < -0.3 is 9.47 Å². The molecule has 0 atom stereocenters. The zero-order valence-corrected chi connectivity index (χ0v) is 12.9. The van der Waals surface area contributed by atoms with Gasteiger partial charge in [-0.1, -0.05) is 12.1 Å². The minimum atomic E-state index is -4.73. The molecule has 6 nitrogen and oxygen atoms in total. The molecule has 130 valence electrons. The van der Waals surface area contributed by atoms with Crippen LogP contribution in [0.4, 0.5) is 13.2 Å². The first-order valence-corrected chi connectivity index (χ1v) is 7.25. The number of halogens is 3. The molecule has 3 rings (SSSR count). The highest BCUT2D eigenvalue weighted by molar-refractivity contribution is 5.85. The van der Waals surface area contributed by atoms with Crippen LogP contribution in [-0.4, -0.2) is 33.5 Å². The van der Waals surface area contributed by atoms with Gasteiger partial charge in [0.25, 0.3) is 5.82 Å². The first kappa shape index (κ1) is 16.7. The molecule has 0 N–H and O–H groups in total. The van der Waals surface area contributed by atoms with Gasteiger partial charge in [0, 0.05) is 11.8 Å². The molecule has 2 heterocycles. The lowest BCUT2D eigenvalue weighted by Gasteiger charge is -2.09. The van der Waals surface area contributed by atoms with Gasteiger partial charge in [-0.25, -0.2) is 14.3 Å². The number of nitrogens with zero attached hydrogens (tertiary/aromatic N) is 3. The van der Waals surface area contributed by atoms with Crippen LogP contribution in [0.5, 0.6) is 5.75 Å². The molecule has 0 fully saturated rings. The van der Waals surface area contributed by atoms with Gasteiger partial charge in [0.15, 0.2) is 5.65 Å². The van der Waals surface area contributed by atoms with E-state index in [0.29, 0.717) is 16.8 Å². The molecule has 9 heteroatoms. The molecule has 3 aromatic rings. The van der Waals surface area contributed by atoms with Crippen LogP contribution >= 0.6 is 0 Å². The monoisotopic (exact) mass is 351 g/mol. The molecule has 0 saturated carbocycles. The number of rotatable bonds is 4. The maximum atomic E-state index is 12.2. The summed E-state index contributed by atoms with van der Waals surface area (Å²) in [5.74, 6) is -0.989. The SMILES string of the molecule is CCOC(=O)c1nc2ccc(-c3ccc(OC(F)(F)F)cc3)cn2n1. The number of hydrogen-bond donors (Lipinski definition) is 0. The van der Waals surface area contributed by atoms with Crippen LogP contribution in [0, 0.1) is 0 Å². The van der Waals surface area contributed by atoms with Crippen molar-refractivity contribution in [3.05, 3.63) is 48.4 Å². The fourth-order valence-corrected chi connectivity index (χ4v) is 2.19. The third-order valence-corrected chi connectivity index (χ3v) is 3.21. The van der Waals surface area contributed by atoms with Crippen LogP contribution in [0.2, 0.25) is 0 Å². The summed E-state index contributed by atoms with van der Waals surface area (Å²) >= 11 is 0. The summed E-state index contributed by atoms with van der Waals surface area (Å²) in [6.45, 7) is 1.89. The standard InChI is InChI=1S/C16H12F3N3O3/c1-2-24-15(23)14-20-13-8-5-11(9-22(13)21-14)10-3-6-12(7-4-10)25-16(17,18)19/h3-9H,2H2,1H3. The highest BCUT2D eigenvalue weighted by atomic mass is 19.4. The number of alkyl halides is 3. The first-order chi connectivity index (χ1) is 11.9. The lowest BCUT2D eigenvalue weighted by Crippen LogP contribution is -2.16. The van der Waals surface area contributed by atoms with Crippen LogP contribution < -0.4 is 4.74 Å². The normalized spacial score (nSPS) is 11.5. The molecule has 2 aromatic heterocycles. The van der Waals surface area contributed by atoms with Crippen LogP contribution in [0.1, 0.15) is 17.5 Å². The number of fused-ring (bicyclic) bond motifs is 1. The summed E-state index contributed by atoms with van der Waals surface area (Å²) in [7, 11) is 0. The summed E-state index contributed by atoms with van der Waals surface area (Å²) in [4.78, 5) is 15.7. The van der Waals surface area contributed by atoms with E-state index in [-0.39, 0.29) is 18.2 Å².